The Morgan fingerprint density at radius 3 is 2.52 bits per heavy atom. The number of aromatic nitrogens is 2. The molecule has 2 aromatic rings. The molecule has 120 valence electrons. The molecule has 0 saturated heterocycles. The maximum atomic E-state index is 11.8. The molecule has 1 fully saturated rings. The standard InChI is InChI=1S/C18H22N4O/c1-11-10-19-18(20-12(11)2)21-13(3)14-6-8-16(9-7-14)22-17(23)15-4-5-15/h6-10,13,15H,4-5H2,1-3H3,(H,22,23)(H,19,20,21). The molecular formula is C18H22N4O. The molecule has 1 unspecified atom stereocenters. The van der Waals surface area contributed by atoms with Crippen LogP contribution in [-0.2, 0) is 4.79 Å². The fourth-order valence-corrected chi connectivity index (χ4v) is 2.32. The molecule has 3 rings (SSSR count). The first kappa shape index (κ1) is 15.5. The second-order valence-electron chi connectivity index (χ2n) is 6.21. The van der Waals surface area contributed by atoms with Gasteiger partial charge in [0.25, 0.3) is 0 Å². The van der Waals surface area contributed by atoms with Crippen LogP contribution in [0.15, 0.2) is 30.5 Å². The predicted octanol–water partition coefficient (Wildman–Crippen LogP) is 3.62. The minimum absolute atomic E-state index is 0.0882. The number of hydrogen-bond acceptors (Lipinski definition) is 4. The molecule has 1 aromatic heterocycles. The average molecular weight is 310 g/mol. The van der Waals surface area contributed by atoms with Gasteiger partial charge in [-0.05, 0) is 56.9 Å². The van der Waals surface area contributed by atoms with Crippen LogP contribution in [0.2, 0.25) is 0 Å². The molecule has 0 aliphatic heterocycles. The molecule has 1 saturated carbocycles. The van der Waals surface area contributed by atoms with E-state index in [-0.39, 0.29) is 17.9 Å². The Morgan fingerprint density at radius 1 is 1.22 bits per heavy atom. The van der Waals surface area contributed by atoms with Gasteiger partial charge in [-0.1, -0.05) is 12.1 Å². The van der Waals surface area contributed by atoms with Crippen LogP contribution >= 0.6 is 0 Å². The lowest BCUT2D eigenvalue weighted by Gasteiger charge is -2.15. The summed E-state index contributed by atoms with van der Waals surface area (Å²) in [7, 11) is 0. The zero-order chi connectivity index (χ0) is 16.4. The first-order chi connectivity index (χ1) is 11.0. The molecule has 1 heterocycles. The van der Waals surface area contributed by atoms with E-state index < -0.39 is 0 Å². The second kappa shape index (κ2) is 6.36. The Morgan fingerprint density at radius 2 is 1.91 bits per heavy atom. The number of nitrogens with one attached hydrogen (secondary N) is 2. The first-order valence-electron chi connectivity index (χ1n) is 8.00. The van der Waals surface area contributed by atoms with Crippen molar-refractivity contribution in [2.75, 3.05) is 10.6 Å². The van der Waals surface area contributed by atoms with Gasteiger partial charge in [0, 0.05) is 23.5 Å². The lowest BCUT2D eigenvalue weighted by molar-refractivity contribution is -0.117. The molecule has 2 N–H and O–H groups in total. The van der Waals surface area contributed by atoms with Crippen molar-refractivity contribution in [3.8, 4) is 0 Å². The number of anilines is 2. The van der Waals surface area contributed by atoms with Gasteiger partial charge in [-0.15, -0.1) is 0 Å². The molecule has 23 heavy (non-hydrogen) atoms. The van der Waals surface area contributed by atoms with Gasteiger partial charge in [0.15, 0.2) is 0 Å². The first-order valence-corrected chi connectivity index (χ1v) is 8.00. The summed E-state index contributed by atoms with van der Waals surface area (Å²) in [6, 6.07) is 8.00. The van der Waals surface area contributed by atoms with E-state index in [1.165, 1.54) is 0 Å². The maximum Gasteiger partial charge on any atom is 0.227 e. The molecule has 1 aliphatic carbocycles. The van der Waals surface area contributed by atoms with Crippen molar-refractivity contribution in [3.05, 3.63) is 47.3 Å². The van der Waals surface area contributed by atoms with E-state index in [1.807, 2.05) is 44.3 Å². The highest BCUT2D eigenvalue weighted by Gasteiger charge is 2.29. The molecule has 0 radical (unpaired) electrons. The van der Waals surface area contributed by atoms with Crippen molar-refractivity contribution < 1.29 is 4.79 Å². The smallest absolute Gasteiger partial charge is 0.227 e. The van der Waals surface area contributed by atoms with Crippen LogP contribution in [0.5, 0.6) is 0 Å². The van der Waals surface area contributed by atoms with E-state index in [2.05, 4.69) is 27.5 Å². The Bertz CT molecular complexity index is 707. The molecule has 5 heteroatoms. The third-order valence-electron chi connectivity index (χ3n) is 4.20. The average Bonchev–Trinajstić information content (AvgIpc) is 3.36. The van der Waals surface area contributed by atoms with E-state index in [0.29, 0.717) is 5.95 Å². The van der Waals surface area contributed by atoms with Gasteiger partial charge < -0.3 is 10.6 Å². The summed E-state index contributed by atoms with van der Waals surface area (Å²) in [6.07, 6.45) is 3.86. The summed E-state index contributed by atoms with van der Waals surface area (Å²) in [5.41, 5.74) is 4.03. The topological polar surface area (TPSA) is 66.9 Å². The highest BCUT2D eigenvalue weighted by atomic mass is 16.2. The molecule has 0 spiro atoms. The van der Waals surface area contributed by atoms with E-state index in [9.17, 15) is 4.79 Å². The fraction of sp³-hybridized carbons (Fsp3) is 0.389. The van der Waals surface area contributed by atoms with E-state index >= 15 is 0 Å². The third-order valence-corrected chi connectivity index (χ3v) is 4.20. The molecule has 1 aliphatic rings. The highest BCUT2D eigenvalue weighted by Crippen LogP contribution is 2.30. The normalized spacial score (nSPS) is 15.1. The number of carbonyl (C=O) groups is 1. The Hall–Kier alpha value is -2.43. The van der Waals surface area contributed by atoms with E-state index in [4.69, 9.17) is 0 Å². The van der Waals surface area contributed by atoms with Crippen LogP contribution in [0.3, 0.4) is 0 Å². The summed E-state index contributed by atoms with van der Waals surface area (Å²) in [5, 5.41) is 6.25. The quantitative estimate of drug-likeness (QED) is 0.885. The van der Waals surface area contributed by atoms with Crippen molar-refractivity contribution in [2.45, 2.75) is 39.7 Å². The summed E-state index contributed by atoms with van der Waals surface area (Å²) in [4.78, 5) is 20.5. The van der Waals surface area contributed by atoms with Crippen LogP contribution in [0, 0.1) is 19.8 Å². The van der Waals surface area contributed by atoms with Gasteiger partial charge in [-0.25, -0.2) is 9.97 Å². The second-order valence-corrected chi connectivity index (χ2v) is 6.21. The number of benzene rings is 1. The van der Waals surface area contributed by atoms with Gasteiger partial charge >= 0.3 is 0 Å². The van der Waals surface area contributed by atoms with E-state index in [0.717, 1.165) is 35.3 Å². The van der Waals surface area contributed by atoms with Crippen LogP contribution in [0.25, 0.3) is 0 Å². The third kappa shape index (κ3) is 3.86. The van der Waals surface area contributed by atoms with Crippen molar-refractivity contribution in [3.63, 3.8) is 0 Å². The Labute approximate surface area is 136 Å². The molecule has 0 bridgehead atoms. The van der Waals surface area contributed by atoms with Gasteiger partial charge in [0.05, 0.1) is 6.04 Å². The van der Waals surface area contributed by atoms with Gasteiger partial charge in [0.1, 0.15) is 0 Å². The summed E-state index contributed by atoms with van der Waals surface area (Å²) >= 11 is 0. The number of hydrogen-bond donors (Lipinski definition) is 2. The van der Waals surface area contributed by atoms with E-state index in [1.54, 1.807) is 0 Å². The summed E-state index contributed by atoms with van der Waals surface area (Å²) < 4.78 is 0. The van der Waals surface area contributed by atoms with Crippen molar-refractivity contribution in [1.29, 1.82) is 0 Å². The van der Waals surface area contributed by atoms with Crippen molar-refractivity contribution in [2.24, 2.45) is 5.92 Å². The zero-order valence-electron chi connectivity index (χ0n) is 13.8. The fourth-order valence-electron chi connectivity index (χ4n) is 2.32. The number of amides is 1. The summed E-state index contributed by atoms with van der Waals surface area (Å²) in [5.74, 6) is 0.983. The van der Waals surface area contributed by atoms with Crippen LogP contribution in [0.1, 0.15) is 42.6 Å². The SMILES string of the molecule is Cc1cnc(NC(C)c2ccc(NC(=O)C3CC3)cc2)nc1C. The largest absolute Gasteiger partial charge is 0.348 e. The summed E-state index contributed by atoms with van der Waals surface area (Å²) in [6.45, 7) is 6.04. The van der Waals surface area contributed by atoms with Crippen LogP contribution in [-0.4, -0.2) is 15.9 Å². The number of carbonyl (C=O) groups excluding carboxylic acids is 1. The van der Waals surface area contributed by atoms with Crippen LogP contribution < -0.4 is 10.6 Å². The lowest BCUT2D eigenvalue weighted by Crippen LogP contribution is -2.13. The van der Waals surface area contributed by atoms with Gasteiger partial charge in [-0.2, -0.15) is 0 Å². The molecule has 5 nitrogen and oxygen atoms in total. The van der Waals surface area contributed by atoms with Gasteiger partial charge in [0.2, 0.25) is 11.9 Å². The number of rotatable bonds is 5. The lowest BCUT2D eigenvalue weighted by atomic mass is 10.1. The molecule has 1 aromatic carbocycles. The Balaban J connectivity index is 1.63. The monoisotopic (exact) mass is 310 g/mol. The van der Waals surface area contributed by atoms with Gasteiger partial charge in [-0.3, -0.25) is 4.79 Å². The molecular weight excluding hydrogens is 288 g/mol. The number of nitrogens with zero attached hydrogens (tertiary/aromatic N) is 2. The minimum atomic E-state index is 0.0882. The Kier molecular flexibility index (Phi) is 4.28. The number of aryl methyl sites for hydroxylation is 2. The highest BCUT2D eigenvalue weighted by molar-refractivity contribution is 5.94. The van der Waals surface area contributed by atoms with Crippen LogP contribution in [0.4, 0.5) is 11.6 Å². The molecule has 1 amide bonds. The van der Waals surface area contributed by atoms with Crippen molar-refractivity contribution in [1.82, 2.24) is 9.97 Å². The predicted molar refractivity (Wildman–Crippen MR) is 91.3 cm³/mol. The maximum absolute atomic E-state index is 11.8. The van der Waals surface area contributed by atoms with Crippen molar-refractivity contribution >= 4 is 17.5 Å². The zero-order valence-corrected chi connectivity index (χ0v) is 13.8. The molecule has 1 atom stereocenters. The minimum Gasteiger partial charge on any atom is -0.348 e.